The van der Waals surface area contributed by atoms with Crippen molar-refractivity contribution < 1.29 is 9.59 Å². The lowest BCUT2D eigenvalue weighted by molar-refractivity contribution is -0.121. The first-order valence-corrected chi connectivity index (χ1v) is 9.93. The zero-order valence-electron chi connectivity index (χ0n) is 15.6. The predicted molar refractivity (Wildman–Crippen MR) is 110 cm³/mol. The second-order valence-corrected chi connectivity index (χ2v) is 7.50. The molecule has 0 saturated heterocycles. The number of benzene rings is 2. The first kappa shape index (κ1) is 19.7. The monoisotopic (exact) mass is 394 g/mol. The fraction of sp³-hybridized carbons (Fsp3) is 0.238. The van der Waals surface area contributed by atoms with Crippen molar-refractivity contribution in [2.45, 2.75) is 32.7 Å². The van der Waals surface area contributed by atoms with Gasteiger partial charge in [-0.25, -0.2) is 0 Å². The van der Waals surface area contributed by atoms with Crippen molar-refractivity contribution in [3.63, 3.8) is 0 Å². The Balaban J connectivity index is 1.39. The third-order valence-corrected chi connectivity index (χ3v) is 5.08. The van der Waals surface area contributed by atoms with Gasteiger partial charge in [0.05, 0.1) is 0 Å². The Morgan fingerprint density at radius 2 is 1.75 bits per heavy atom. The zero-order valence-corrected chi connectivity index (χ0v) is 16.5. The molecular weight excluding hydrogens is 372 g/mol. The summed E-state index contributed by atoms with van der Waals surface area (Å²) in [4.78, 5) is 24.2. The van der Waals surface area contributed by atoms with E-state index < -0.39 is 0 Å². The molecule has 0 radical (unpaired) electrons. The maximum Gasteiger partial charge on any atom is 0.286 e. The third-order valence-electron chi connectivity index (χ3n) is 4.10. The minimum absolute atomic E-state index is 0.00661. The Bertz CT molecular complexity index is 923. The van der Waals surface area contributed by atoms with Crippen molar-refractivity contribution in [2.24, 2.45) is 0 Å². The number of nitrogens with zero attached hydrogens (tertiary/aromatic N) is 2. The molecule has 144 valence electrons. The maximum atomic E-state index is 12.2. The summed E-state index contributed by atoms with van der Waals surface area (Å²) in [6.07, 6.45) is 1.69. The van der Waals surface area contributed by atoms with Crippen LogP contribution in [0.4, 0.5) is 5.69 Å². The van der Waals surface area contributed by atoms with Crippen LogP contribution in [0, 0.1) is 6.92 Å². The molecular formula is C21H22N4O2S. The van der Waals surface area contributed by atoms with Crippen molar-refractivity contribution in [2.75, 3.05) is 5.32 Å². The molecule has 2 amide bonds. The van der Waals surface area contributed by atoms with Gasteiger partial charge in [0.1, 0.15) is 5.01 Å². The van der Waals surface area contributed by atoms with Gasteiger partial charge < -0.3 is 10.6 Å². The van der Waals surface area contributed by atoms with Gasteiger partial charge in [0, 0.05) is 25.1 Å². The highest BCUT2D eigenvalue weighted by Gasteiger charge is 2.13. The smallest absolute Gasteiger partial charge is 0.286 e. The second-order valence-electron chi connectivity index (χ2n) is 6.44. The Morgan fingerprint density at radius 3 is 2.50 bits per heavy atom. The van der Waals surface area contributed by atoms with Gasteiger partial charge >= 0.3 is 0 Å². The molecule has 7 heteroatoms. The Hall–Kier alpha value is -3.06. The largest absolute Gasteiger partial charge is 0.352 e. The molecule has 0 unspecified atom stereocenters. The second kappa shape index (κ2) is 9.75. The number of rotatable bonds is 8. The van der Waals surface area contributed by atoms with Crippen molar-refractivity contribution >= 4 is 28.8 Å². The molecule has 2 aromatic carbocycles. The number of aryl methyl sites for hydroxylation is 2. The normalized spacial score (nSPS) is 10.5. The average molecular weight is 394 g/mol. The molecule has 28 heavy (non-hydrogen) atoms. The number of para-hydroxylation sites is 1. The summed E-state index contributed by atoms with van der Waals surface area (Å²) in [6.45, 7) is 2.56. The van der Waals surface area contributed by atoms with E-state index in [9.17, 15) is 9.59 Å². The first-order chi connectivity index (χ1) is 13.6. The summed E-state index contributed by atoms with van der Waals surface area (Å²) in [6, 6.07) is 17.3. The van der Waals surface area contributed by atoms with Crippen molar-refractivity contribution in [1.82, 2.24) is 15.5 Å². The molecule has 3 aromatic rings. The summed E-state index contributed by atoms with van der Waals surface area (Å²) < 4.78 is 0. The maximum absolute atomic E-state index is 12.2. The minimum Gasteiger partial charge on any atom is -0.352 e. The van der Waals surface area contributed by atoms with Crippen LogP contribution in [-0.4, -0.2) is 22.0 Å². The van der Waals surface area contributed by atoms with Crippen LogP contribution in [0.15, 0.2) is 54.6 Å². The van der Waals surface area contributed by atoms with E-state index in [0.29, 0.717) is 30.8 Å². The van der Waals surface area contributed by atoms with Crippen LogP contribution < -0.4 is 10.6 Å². The number of anilines is 1. The van der Waals surface area contributed by atoms with E-state index in [1.807, 2.05) is 61.5 Å². The lowest BCUT2D eigenvalue weighted by atomic mass is 10.1. The molecule has 0 fully saturated rings. The van der Waals surface area contributed by atoms with Crippen LogP contribution in [0.25, 0.3) is 0 Å². The van der Waals surface area contributed by atoms with Crippen LogP contribution in [0.3, 0.4) is 0 Å². The number of aromatic nitrogens is 2. The standard InChI is InChI=1S/C21H22N4O2S/c1-15-10-12-16(13-11-15)14-22-18(26)8-5-9-19-24-25-21(28-19)20(27)23-17-6-3-2-4-7-17/h2-4,6-7,10-13H,5,8-9,14H2,1H3,(H,22,26)(H,23,27). The van der Waals surface area contributed by atoms with Gasteiger partial charge in [-0.05, 0) is 31.0 Å². The highest BCUT2D eigenvalue weighted by atomic mass is 32.1. The fourth-order valence-electron chi connectivity index (χ4n) is 2.55. The van der Waals surface area contributed by atoms with E-state index in [-0.39, 0.29) is 11.8 Å². The topological polar surface area (TPSA) is 84.0 Å². The first-order valence-electron chi connectivity index (χ1n) is 9.11. The average Bonchev–Trinajstić information content (AvgIpc) is 3.17. The Kier molecular flexibility index (Phi) is 6.86. The number of carbonyl (C=O) groups excluding carboxylic acids is 2. The SMILES string of the molecule is Cc1ccc(CNC(=O)CCCc2nnc(C(=O)Nc3ccccc3)s2)cc1. The molecule has 3 rings (SSSR count). The molecule has 0 aliphatic rings. The quantitative estimate of drug-likeness (QED) is 0.610. The van der Waals surface area contributed by atoms with Crippen LogP contribution in [0.2, 0.25) is 0 Å². The number of hydrogen-bond acceptors (Lipinski definition) is 5. The number of hydrogen-bond donors (Lipinski definition) is 2. The molecule has 1 heterocycles. The molecule has 6 nitrogen and oxygen atoms in total. The highest BCUT2D eigenvalue weighted by Crippen LogP contribution is 2.15. The van der Waals surface area contributed by atoms with E-state index in [0.717, 1.165) is 16.3 Å². The molecule has 2 N–H and O–H groups in total. The minimum atomic E-state index is -0.272. The van der Waals surface area contributed by atoms with E-state index in [1.165, 1.54) is 16.9 Å². The molecule has 0 atom stereocenters. The summed E-state index contributed by atoms with van der Waals surface area (Å²) >= 11 is 1.26. The predicted octanol–water partition coefficient (Wildman–Crippen LogP) is 3.74. The van der Waals surface area contributed by atoms with Gasteiger partial charge in [-0.2, -0.15) is 0 Å². The Morgan fingerprint density at radius 1 is 1.00 bits per heavy atom. The number of nitrogens with one attached hydrogen (secondary N) is 2. The van der Waals surface area contributed by atoms with Gasteiger partial charge in [-0.1, -0.05) is 59.4 Å². The third kappa shape index (κ3) is 5.99. The van der Waals surface area contributed by atoms with Crippen molar-refractivity contribution in [1.29, 1.82) is 0 Å². The van der Waals surface area contributed by atoms with Crippen molar-refractivity contribution in [3.05, 3.63) is 75.7 Å². The molecule has 0 aliphatic heterocycles. The summed E-state index contributed by atoms with van der Waals surface area (Å²) in [5.41, 5.74) is 3.00. The van der Waals surface area contributed by atoms with Gasteiger partial charge in [-0.15, -0.1) is 10.2 Å². The lowest BCUT2D eigenvalue weighted by Crippen LogP contribution is -2.22. The molecule has 0 saturated carbocycles. The van der Waals surface area contributed by atoms with Crippen molar-refractivity contribution in [3.8, 4) is 0 Å². The number of amides is 2. The van der Waals surface area contributed by atoms with E-state index in [4.69, 9.17) is 0 Å². The van der Waals surface area contributed by atoms with E-state index in [1.54, 1.807) is 0 Å². The zero-order chi connectivity index (χ0) is 19.8. The van der Waals surface area contributed by atoms with Crippen LogP contribution in [0.5, 0.6) is 0 Å². The van der Waals surface area contributed by atoms with E-state index in [2.05, 4.69) is 20.8 Å². The molecule has 1 aromatic heterocycles. The fourth-order valence-corrected chi connectivity index (χ4v) is 3.32. The van der Waals surface area contributed by atoms with Crippen LogP contribution in [-0.2, 0) is 17.8 Å². The van der Waals surface area contributed by atoms with Gasteiger partial charge in [0.15, 0.2) is 0 Å². The van der Waals surface area contributed by atoms with Crippen LogP contribution in [0.1, 0.15) is 38.8 Å². The highest BCUT2D eigenvalue weighted by molar-refractivity contribution is 7.13. The lowest BCUT2D eigenvalue weighted by Gasteiger charge is -2.05. The van der Waals surface area contributed by atoms with Crippen LogP contribution >= 0.6 is 11.3 Å². The van der Waals surface area contributed by atoms with Gasteiger partial charge in [-0.3, -0.25) is 9.59 Å². The molecule has 0 aliphatic carbocycles. The summed E-state index contributed by atoms with van der Waals surface area (Å²) in [5.74, 6) is -0.266. The van der Waals surface area contributed by atoms with Gasteiger partial charge in [0.25, 0.3) is 5.91 Å². The summed E-state index contributed by atoms with van der Waals surface area (Å²) in [7, 11) is 0. The van der Waals surface area contributed by atoms with Gasteiger partial charge in [0.2, 0.25) is 10.9 Å². The number of carbonyl (C=O) groups is 2. The molecule has 0 bridgehead atoms. The van der Waals surface area contributed by atoms with E-state index >= 15 is 0 Å². The Labute approximate surface area is 168 Å². The summed E-state index contributed by atoms with van der Waals surface area (Å²) in [5, 5.41) is 14.8. The molecule has 0 spiro atoms.